The van der Waals surface area contributed by atoms with Crippen LogP contribution in [0.4, 0.5) is 5.69 Å². The first kappa shape index (κ1) is 12.7. The third-order valence-corrected chi connectivity index (χ3v) is 4.37. The highest BCUT2D eigenvalue weighted by Crippen LogP contribution is 2.32. The highest BCUT2D eigenvalue weighted by atomic mass is 16.1. The van der Waals surface area contributed by atoms with E-state index in [1.807, 2.05) is 0 Å². The molecule has 0 aromatic heterocycles. The summed E-state index contributed by atoms with van der Waals surface area (Å²) < 4.78 is 0. The zero-order chi connectivity index (χ0) is 13.4. The minimum absolute atomic E-state index is 0.174. The summed E-state index contributed by atoms with van der Waals surface area (Å²) in [5.41, 5.74) is 2.71. The molecule has 0 saturated carbocycles. The molecule has 2 fully saturated rings. The van der Waals surface area contributed by atoms with Gasteiger partial charge in [0, 0.05) is 43.7 Å². The molecule has 1 N–H and O–H groups in total. The molecular formula is C16H22N2O. The average molecular weight is 258 g/mol. The Morgan fingerprint density at radius 1 is 1.16 bits per heavy atom. The molecule has 1 aromatic rings. The number of carbonyl (C=O) groups is 1. The van der Waals surface area contributed by atoms with Gasteiger partial charge in [-0.25, -0.2) is 0 Å². The second-order valence-corrected chi connectivity index (χ2v) is 6.07. The van der Waals surface area contributed by atoms with Gasteiger partial charge in [0.25, 0.3) is 0 Å². The van der Waals surface area contributed by atoms with Gasteiger partial charge >= 0.3 is 0 Å². The van der Waals surface area contributed by atoms with E-state index in [9.17, 15) is 4.79 Å². The Hall–Kier alpha value is -1.35. The summed E-state index contributed by atoms with van der Waals surface area (Å²) in [6.07, 6.45) is 0. The van der Waals surface area contributed by atoms with Crippen molar-refractivity contribution in [3.05, 3.63) is 29.8 Å². The molecule has 3 rings (SSSR count). The predicted molar refractivity (Wildman–Crippen MR) is 77.6 cm³/mol. The quantitative estimate of drug-likeness (QED) is 0.881. The smallest absolute Gasteiger partial charge is 0.145 e. The Balaban J connectivity index is 1.89. The lowest BCUT2D eigenvalue weighted by Gasteiger charge is -2.42. The van der Waals surface area contributed by atoms with Gasteiger partial charge in [-0.3, -0.25) is 4.79 Å². The first-order valence-corrected chi connectivity index (χ1v) is 7.25. The number of hydrogen-bond donors (Lipinski definition) is 1. The molecule has 2 aliphatic rings. The number of ketones is 1. The number of piperidine rings is 2. The molecule has 19 heavy (non-hydrogen) atoms. The van der Waals surface area contributed by atoms with E-state index in [0.717, 1.165) is 26.2 Å². The lowest BCUT2D eigenvalue weighted by Crippen LogP contribution is -2.57. The number of fused-ring (bicyclic) bond motifs is 2. The van der Waals surface area contributed by atoms with Gasteiger partial charge in [-0.2, -0.15) is 0 Å². The van der Waals surface area contributed by atoms with Gasteiger partial charge in [-0.1, -0.05) is 32.0 Å². The van der Waals surface area contributed by atoms with Crippen molar-refractivity contribution in [1.82, 2.24) is 5.32 Å². The zero-order valence-corrected chi connectivity index (χ0v) is 11.7. The van der Waals surface area contributed by atoms with Crippen LogP contribution in [0.15, 0.2) is 24.3 Å². The summed E-state index contributed by atoms with van der Waals surface area (Å²) in [6.45, 7) is 7.89. The van der Waals surface area contributed by atoms with Crippen LogP contribution in [-0.2, 0) is 4.79 Å². The van der Waals surface area contributed by atoms with Crippen LogP contribution < -0.4 is 10.2 Å². The topological polar surface area (TPSA) is 32.3 Å². The van der Waals surface area contributed by atoms with E-state index in [-0.39, 0.29) is 11.8 Å². The van der Waals surface area contributed by atoms with E-state index >= 15 is 0 Å². The Labute approximate surface area is 115 Å². The fourth-order valence-corrected chi connectivity index (χ4v) is 3.34. The number of carbonyl (C=O) groups excluding carboxylic acids is 1. The number of rotatable bonds is 2. The van der Waals surface area contributed by atoms with Gasteiger partial charge in [0.2, 0.25) is 0 Å². The van der Waals surface area contributed by atoms with Crippen molar-refractivity contribution in [3.8, 4) is 0 Å². The second-order valence-electron chi connectivity index (χ2n) is 6.07. The van der Waals surface area contributed by atoms with Crippen LogP contribution in [0.1, 0.15) is 25.3 Å². The summed E-state index contributed by atoms with van der Waals surface area (Å²) in [4.78, 5) is 14.6. The maximum atomic E-state index is 12.1. The largest absolute Gasteiger partial charge is 0.370 e. The van der Waals surface area contributed by atoms with E-state index in [1.54, 1.807) is 0 Å². The van der Waals surface area contributed by atoms with Crippen molar-refractivity contribution >= 4 is 11.5 Å². The van der Waals surface area contributed by atoms with E-state index in [1.165, 1.54) is 11.3 Å². The Morgan fingerprint density at radius 3 is 2.42 bits per heavy atom. The van der Waals surface area contributed by atoms with Crippen LogP contribution >= 0.6 is 0 Å². The first-order valence-electron chi connectivity index (χ1n) is 7.25. The fraction of sp³-hybridized carbons (Fsp3) is 0.562. The minimum Gasteiger partial charge on any atom is -0.370 e. The van der Waals surface area contributed by atoms with Gasteiger partial charge in [0.1, 0.15) is 5.78 Å². The summed E-state index contributed by atoms with van der Waals surface area (Å²) in [5, 5.41) is 3.38. The van der Waals surface area contributed by atoms with Gasteiger partial charge in [-0.05, 0) is 17.5 Å². The normalized spacial score (nSPS) is 26.9. The SMILES string of the molecule is CC(C)c1ccccc1N1CC2CNCC(C1)C2=O. The van der Waals surface area contributed by atoms with Crippen LogP contribution in [0.5, 0.6) is 0 Å². The molecule has 0 radical (unpaired) electrons. The van der Waals surface area contributed by atoms with E-state index in [0.29, 0.717) is 11.7 Å². The number of benzene rings is 1. The van der Waals surface area contributed by atoms with Crippen LogP contribution in [0.3, 0.4) is 0 Å². The molecule has 2 aliphatic heterocycles. The number of nitrogens with one attached hydrogen (secondary N) is 1. The van der Waals surface area contributed by atoms with E-state index in [2.05, 4.69) is 48.3 Å². The van der Waals surface area contributed by atoms with Crippen LogP contribution in [0.25, 0.3) is 0 Å². The van der Waals surface area contributed by atoms with Gasteiger partial charge < -0.3 is 10.2 Å². The van der Waals surface area contributed by atoms with E-state index < -0.39 is 0 Å². The van der Waals surface area contributed by atoms with Crippen molar-refractivity contribution in [2.75, 3.05) is 31.1 Å². The summed E-state index contributed by atoms with van der Waals surface area (Å²) in [7, 11) is 0. The Bertz CT molecular complexity index is 467. The maximum Gasteiger partial charge on any atom is 0.145 e. The molecule has 2 unspecified atom stereocenters. The Kier molecular flexibility index (Phi) is 3.31. The van der Waals surface area contributed by atoms with Crippen LogP contribution in [0, 0.1) is 11.8 Å². The number of para-hydroxylation sites is 1. The number of hydrogen-bond acceptors (Lipinski definition) is 3. The van der Waals surface area contributed by atoms with Crippen LogP contribution in [-0.4, -0.2) is 32.0 Å². The molecule has 0 spiro atoms. The van der Waals surface area contributed by atoms with Crippen molar-refractivity contribution in [3.63, 3.8) is 0 Å². The summed E-state index contributed by atoms with van der Waals surface area (Å²) in [5.74, 6) is 1.34. The molecule has 2 heterocycles. The fourth-order valence-electron chi connectivity index (χ4n) is 3.34. The van der Waals surface area contributed by atoms with Crippen molar-refractivity contribution in [1.29, 1.82) is 0 Å². The highest BCUT2D eigenvalue weighted by Gasteiger charge is 2.38. The number of nitrogens with zero attached hydrogens (tertiary/aromatic N) is 1. The second kappa shape index (κ2) is 4.97. The molecule has 2 bridgehead atoms. The van der Waals surface area contributed by atoms with E-state index in [4.69, 9.17) is 0 Å². The molecule has 0 amide bonds. The molecule has 1 aromatic carbocycles. The maximum absolute atomic E-state index is 12.1. The molecular weight excluding hydrogens is 236 g/mol. The first-order chi connectivity index (χ1) is 9.16. The number of anilines is 1. The third kappa shape index (κ3) is 2.27. The van der Waals surface area contributed by atoms with Gasteiger partial charge in [0.15, 0.2) is 0 Å². The van der Waals surface area contributed by atoms with Crippen LogP contribution in [0.2, 0.25) is 0 Å². The van der Waals surface area contributed by atoms with Gasteiger partial charge in [0.05, 0.1) is 0 Å². The monoisotopic (exact) mass is 258 g/mol. The molecule has 2 saturated heterocycles. The molecule has 2 atom stereocenters. The average Bonchev–Trinajstić information content (AvgIpc) is 2.38. The lowest BCUT2D eigenvalue weighted by atomic mass is 9.83. The predicted octanol–water partition coefficient (Wildman–Crippen LogP) is 2.03. The standard InChI is InChI=1S/C16H22N2O/c1-11(2)14-5-3-4-6-15(14)18-9-12-7-17-8-13(10-18)16(12)19/h3-6,11-13,17H,7-10H2,1-2H3. The molecule has 3 heteroatoms. The van der Waals surface area contributed by atoms with Gasteiger partial charge in [-0.15, -0.1) is 0 Å². The summed E-state index contributed by atoms with van der Waals surface area (Å²) in [6, 6.07) is 8.63. The Morgan fingerprint density at radius 2 is 1.79 bits per heavy atom. The molecule has 3 nitrogen and oxygen atoms in total. The lowest BCUT2D eigenvalue weighted by molar-refractivity contribution is -0.129. The van der Waals surface area contributed by atoms with Crippen molar-refractivity contribution in [2.24, 2.45) is 11.8 Å². The molecule has 102 valence electrons. The minimum atomic E-state index is 0.174. The summed E-state index contributed by atoms with van der Waals surface area (Å²) >= 11 is 0. The van der Waals surface area contributed by atoms with Crippen molar-refractivity contribution < 1.29 is 4.79 Å². The molecule has 0 aliphatic carbocycles. The highest BCUT2D eigenvalue weighted by molar-refractivity contribution is 5.87. The number of Topliss-reactive ketones (excluding diaryl/α,β-unsaturated/α-hetero) is 1. The van der Waals surface area contributed by atoms with Crippen molar-refractivity contribution in [2.45, 2.75) is 19.8 Å². The third-order valence-electron chi connectivity index (χ3n) is 4.37. The zero-order valence-electron chi connectivity index (χ0n) is 11.7.